The van der Waals surface area contributed by atoms with E-state index in [0.29, 0.717) is 12.6 Å². The molecule has 0 amide bonds. The summed E-state index contributed by atoms with van der Waals surface area (Å²) >= 11 is 2.06. The third-order valence-corrected chi connectivity index (χ3v) is 4.07. The van der Waals surface area contributed by atoms with Gasteiger partial charge in [-0.25, -0.2) is 0 Å². The molecule has 17 heavy (non-hydrogen) atoms. The lowest BCUT2D eigenvalue weighted by molar-refractivity contribution is 0.306. The zero-order valence-corrected chi connectivity index (χ0v) is 11.7. The fourth-order valence-electron chi connectivity index (χ4n) is 2.13. The summed E-state index contributed by atoms with van der Waals surface area (Å²) < 4.78 is 0. The number of thioether (sulfide) groups is 1. The normalized spacial score (nSPS) is 25.0. The van der Waals surface area contributed by atoms with Crippen LogP contribution in [0.4, 0.5) is 0 Å². The van der Waals surface area contributed by atoms with E-state index < -0.39 is 0 Å². The van der Waals surface area contributed by atoms with Gasteiger partial charge in [0.15, 0.2) is 5.96 Å². The lowest BCUT2D eigenvalue weighted by atomic mass is 10.2. The summed E-state index contributed by atoms with van der Waals surface area (Å²) in [5.74, 6) is 2.05. The van der Waals surface area contributed by atoms with Gasteiger partial charge in [0.25, 0.3) is 0 Å². The van der Waals surface area contributed by atoms with Gasteiger partial charge in [0, 0.05) is 17.8 Å². The second-order valence-electron chi connectivity index (χ2n) is 4.22. The third kappa shape index (κ3) is 5.64. The molecule has 5 heteroatoms. The van der Waals surface area contributed by atoms with Gasteiger partial charge in [0.1, 0.15) is 0 Å². The fourth-order valence-corrected chi connectivity index (χ4v) is 3.28. The van der Waals surface area contributed by atoms with Crippen molar-refractivity contribution >= 4 is 17.7 Å². The minimum Gasteiger partial charge on any atom is -0.394 e. The second-order valence-corrected chi connectivity index (χ2v) is 5.79. The number of hydrogen-bond acceptors (Lipinski definition) is 3. The molecule has 0 heterocycles. The molecule has 1 aliphatic carbocycles. The highest BCUT2D eigenvalue weighted by Crippen LogP contribution is 2.29. The molecule has 4 nitrogen and oxygen atoms in total. The van der Waals surface area contributed by atoms with Crippen molar-refractivity contribution in [2.45, 2.75) is 44.4 Å². The standard InChI is InChI=1S/C12H25N3OS/c1-3-13-12(14-7-8-16)15-10-5-6-11(9-10)17-4-2/h10-11,16H,3-9H2,1-2H3,(H2,13,14,15). The molecule has 0 bridgehead atoms. The van der Waals surface area contributed by atoms with E-state index in [2.05, 4.69) is 41.2 Å². The van der Waals surface area contributed by atoms with Crippen molar-refractivity contribution in [1.82, 2.24) is 10.6 Å². The van der Waals surface area contributed by atoms with Crippen LogP contribution in [0.15, 0.2) is 4.99 Å². The number of nitrogens with one attached hydrogen (secondary N) is 2. The number of nitrogens with zero attached hydrogens (tertiary/aromatic N) is 1. The molecular formula is C12H25N3OS. The summed E-state index contributed by atoms with van der Waals surface area (Å²) in [5.41, 5.74) is 0. The van der Waals surface area contributed by atoms with Gasteiger partial charge in [0.2, 0.25) is 0 Å². The van der Waals surface area contributed by atoms with Crippen LogP contribution in [0, 0.1) is 0 Å². The lowest BCUT2D eigenvalue weighted by Crippen LogP contribution is -2.42. The van der Waals surface area contributed by atoms with E-state index in [9.17, 15) is 0 Å². The van der Waals surface area contributed by atoms with E-state index in [-0.39, 0.29) is 6.61 Å². The molecule has 0 aromatic rings. The van der Waals surface area contributed by atoms with Crippen LogP contribution in [0.5, 0.6) is 0 Å². The molecule has 0 saturated heterocycles. The van der Waals surface area contributed by atoms with Gasteiger partial charge < -0.3 is 15.7 Å². The van der Waals surface area contributed by atoms with E-state index >= 15 is 0 Å². The summed E-state index contributed by atoms with van der Waals surface area (Å²) in [6.07, 6.45) is 3.75. The third-order valence-electron chi connectivity index (χ3n) is 2.84. The van der Waals surface area contributed by atoms with Gasteiger partial charge in [-0.1, -0.05) is 6.92 Å². The van der Waals surface area contributed by atoms with E-state index in [4.69, 9.17) is 5.11 Å². The molecule has 0 aliphatic heterocycles. The number of guanidine groups is 1. The Morgan fingerprint density at radius 3 is 2.88 bits per heavy atom. The van der Waals surface area contributed by atoms with Gasteiger partial charge in [-0.05, 0) is 31.9 Å². The molecule has 1 aliphatic rings. The first kappa shape index (κ1) is 14.6. The van der Waals surface area contributed by atoms with Crippen molar-refractivity contribution in [1.29, 1.82) is 0 Å². The van der Waals surface area contributed by atoms with Crippen LogP contribution >= 0.6 is 11.8 Å². The molecule has 3 N–H and O–H groups in total. The van der Waals surface area contributed by atoms with E-state index in [1.165, 1.54) is 25.0 Å². The van der Waals surface area contributed by atoms with Gasteiger partial charge in [0.05, 0.1) is 13.2 Å². The maximum Gasteiger partial charge on any atom is 0.191 e. The zero-order valence-electron chi connectivity index (χ0n) is 10.9. The maximum atomic E-state index is 8.79. The van der Waals surface area contributed by atoms with Gasteiger partial charge >= 0.3 is 0 Å². The number of aliphatic hydroxyl groups excluding tert-OH is 1. The van der Waals surface area contributed by atoms with Crippen molar-refractivity contribution in [3.05, 3.63) is 0 Å². The minimum atomic E-state index is 0.107. The number of aliphatic hydroxyl groups is 1. The van der Waals surface area contributed by atoms with Crippen LogP contribution in [0.1, 0.15) is 33.1 Å². The van der Waals surface area contributed by atoms with Crippen molar-refractivity contribution in [3.63, 3.8) is 0 Å². The van der Waals surface area contributed by atoms with Crippen LogP contribution in [-0.4, -0.2) is 47.8 Å². The quantitative estimate of drug-likeness (QED) is 0.496. The Labute approximate surface area is 109 Å². The molecule has 0 aromatic heterocycles. The van der Waals surface area contributed by atoms with Crippen molar-refractivity contribution in [2.75, 3.05) is 25.4 Å². The molecule has 2 atom stereocenters. The molecule has 2 unspecified atom stereocenters. The molecule has 1 fully saturated rings. The highest BCUT2D eigenvalue weighted by molar-refractivity contribution is 7.99. The van der Waals surface area contributed by atoms with Gasteiger partial charge in [-0.3, -0.25) is 4.99 Å². The predicted molar refractivity (Wildman–Crippen MR) is 75.8 cm³/mol. The molecule has 100 valence electrons. The number of rotatable bonds is 6. The highest BCUT2D eigenvalue weighted by atomic mass is 32.2. The molecule has 0 spiro atoms. The van der Waals surface area contributed by atoms with E-state index in [0.717, 1.165) is 17.8 Å². The fraction of sp³-hybridized carbons (Fsp3) is 0.917. The number of aliphatic imine (C=N–C) groups is 1. The predicted octanol–water partition coefficient (Wildman–Crippen LogP) is 1.21. The second kappa shape index (κ2) is 8.64. The molecule has 1 saturated carbocycles. The summed E-state index contributed by atoms with van der Waals surface area (Å²) in [4.78, 5) is 4.30. The maximum absolute atomic E-state index is 8.79. The van der Waals surface area contributed by atoms with Crippen LogP contribution < -0.4 is 10.6 Å². The van der Waals surface area contributed by atoms with Gasteiger partial charge in [-0.15, -0.1) is 0 Å². The largest absolute Gasteiger partial charge is 0.394 e. The highest BCUT2D eigenvalue weighted by Gasteiger charge is 2.24. The average molecular weight is 259 g/mol. The summed E-state index contributed by atoms with van der Waals surface area (Å²) in [7, 11) is 0. The lowest BCUT2D eigenvalue weighted by Gasteiger charge is -2.17. The summed E-state index contributed by atoms with van der Waals surface area (Å²) in [5, 5.41) is 16.3. The summed E-state index contributed by atoms with van der Waals surface area (Å²) in [6, 6.07) is 0.538. The average Bonchev–Trinajstić information content (AvgIpc) is 2.74. The van der Waals surface area contributed by atoms with Crippen LogP contribution in [0.2, 0.25) is 0 Å². The zero-order chi connectivity index (χ0) is 12.5. The molecule has 1 rings (SSSR count). The van der Waals surface area contributed by atoms with Crippen molar-refractivity contribution < 1.29 is 5.11 Å². The van der Waals surface area contributed by atoms with Crippen LogP contribution in [0.25, 0.3) is 0 Å². The topological polar surface area (TPSA) is 56.7 Å². The first-order valence-electron chi connectivity index (χ1n) is 6.57. The summed E-state index contributed by atoms with van der Waals surface area (Å²) in [6.45, 7) is 5.71. The first-order valence-corrected chi connectivity index (χ1v) is 7.62. The SMILES string of the molecule is CCNC(=NCCO)NC1CCC(SCC)C1. The Morgan fingerprint density at radius 2 is 2.24 bits per heavy atom. The Hall–Kier alpha value is -0.420. The van der Waals surface area contributed by atoms with E-state index in [1.54, 1.807) is 0 Å². The molecule has 0 aromatic carbocycles. The molecular weight excluding hydrogens is 234 g/mol. The van der Waals surface area contributed by atoms with Crippen molar-refractivity contribution in [3.8, 4) is 0 Å². The van der Waals surface area contributed by atoms with E-state index in [1.807, 2.05) is 0 Å². The number of hydrogen-bond donors (Lipinski definition) is 3. The monoisotopic (exact) mass is 259 g/mol. The first-order chi connectivity index (χ1) is 8.30. The van der Waals surface area contributed by atoms with Gasteiger partial charge in [-0.2, -0.15) is 11.8 Å². The van der Waals surface area contributed by atoms with Crippen molar-refractivity contribution in [2.24, 2.45) is 4.99 Å². The molecule has 0 radical (unpaired) electrons. The van der Waals surface area contributed by atoms with Crippen LogP contribution in [0.3, 0.4) is 0 Å². The Balaban J connectivity index is 2.35. The Morgan fingerprint density at radius 1 is 1.41 bits per heavy atom. The smallest absolute Gasteiger partial charge is 0.191 e. The minimum absolute atomic E-state index is 0.107. The Kier molecular flexibility index (Phi) is 7.44. The Bertz CT molecular complexity index is 236. The van der Waals surface area contributed by atoms with Crippen LogP contribution in [-0.2, 0) is 0 Å².